The van der Waals surface area contributed by atoms with E-state index in [2.05, 4.69) is 42.7 Å². The molecule has 10 nitrogen and oxygen atoms in total. The van der Waals surface area contributed by atoms with E-state index in [1.807, 2.05) is 30.5 Å². The molecule has 2 aliphatic heterocycles. The van der Waals surface area contributed by atoms with Crippen LogP contribution in [0.3, 0.4) is 0 Å². The molecule has 2 aliphatic carbocycles. The van der Waals surface area contributed by atoms with Crippen LogP contribution in [0.1, 0.15) is 87.2 Å². The van der Waals surface area contributed by atoms with Gasteiger partial charge in [0.15, 0.2) is 11.5 Å². The van der Waals surface area contributed by atoms with Crippen LogP contribution in [0.5, 0.6) is 28.7 Å². The fraction of sp³-hybridized carbons (Fsp3) is 0.465. The van der Waals surface area contributed by atoms with Crippen molar-refractivity contribution in [2.24, 2.45) is 17.6 Å². The Balaban J connectivity index is 1.26. The average Bonchev–Trinajstić information content (AvgIpc) is 3.70. The van der Waals surface area contributed by atoms with E-state index in [1.54, 1.807) is 19.2 Å². The Kier molecular flexibility index (Phi) is 10.6. The molecule has 3 aromatic carbocycles. The maximum absolute atomic E-state index is 12.2. The van der Waals surface area contributed by atoms with E-state index in [1.165, 1.54) is 12.5 Å². The van der Waals surface area contributed by atoms with Crippen LogP contribution in [0, 0.1) is 11.8 Å². The van der Waals surface area contributed by atoms with Gasteiger partial charge in [-0.05, 0) is 103 Å². The van der Waals surface area contributed by atoms with Crippen LogP contribution in [0.4, 0.5) is 0 Å². The average molecular weight is 724 g/mol. The predicted molar refractivity (Wildman–Crippen MR) is 204 cm³/mol. The number of esters is 1. The van der Waals surface area contributed by atoms with Crippen molar-refractivity contribution in [1.29, 1.82) is 0 Å². The smallest absolute Gasteiger partial charge is 0.302 e. The van der Waals surface area contributed by atoms with Gasteiger partial charge >= 0.3 is 5.97 Å². The minimum atomic E-state index is -0.492. The predicted octanol–water partition coefficient (Wildman–Crippen LogP) is 6.88. The maximum atomic E-state index is 12.2. The van der Waals surface area contributed by atoms with E-state index in [4.69, 9.17) is 24.7 Å². The molecule has 0 bridgehead atoms. The molecular weight excluding hydrogens is 670 g/mol. The standard InChI is InChI=1S/C43H53N3O7/c1-25(2)12-14-45-15-16-51-36-19-29(6-9-35(36)49)41-34(24-52-26(3)47)32-7-8-33-39-30(18-31(48)20-37(39)50-4)22-43(40(33)42(32)53-41)13-11-27(21-43)17-28-5-10-38(44)46-23-28/h5-10,18-20,23,25,27,34,38,41,45-46,48-49H,11-17,21-22,24,44H2,1-4H3. The summed E-state index contributed by atoms with van der Waals surface area (Å²) in [6.45, 7) is 7.93. The summed E-state index contributed by atoms with van der Waals surface area (Å²) in [5, 5.41) is 28.2. The Morgan fingerprint density at radius 1 is 1.13 bits per heavy atom. The molecule has 282 valence electrons. The third kappa shape index (κ3) is 7.57. The van der Waals surface area contributed by atoms with Crippen LogP contribution >= 0.6 is 0 Å². The van der Waals surface area contributed by atoms with Gasteiger partial charge < -0.3 is 45.5 Å². The van der Waals surface area contributed by atoms with E-state index in [-0.39, 0.29) is 41.6 Å². The molecule has 4 aliphatic rings. The molecule has 5 atom stereocenters. The number of ether oxygens (including phenoxy) is 4. The first kappa shape index (κ1) is 36.7. The molecule has 5 unspecified atom stereocenters. The number of nitrogens with one attached hydrogen (secondary N) is 2. The van der Waals surface area contributed by atoms with Gasteiger partial charge in [-0.3, -0.25) is 4.79 Å². The molecule has 1 saturated carbocycles. The van der Waals surface area contributed by atoms with Gasteiger partial charge in [-0.1, -0.05) is 38.1 Å². The van der Waals surface area contributed by atoms with E-state index in [0.717, 1.165) is 84.2 Å². The third-order valence-corrected chi connectivity index (χ3v) is 11.3. The molecule has 6 N–H and O–H groups in total. The topological polar surface area (TPSA) is 145 Å². The van der Waals surface area contributed by atoms with Crippen LogP contribution < -0.4 is 30.6 Å². The second-order valence-corrected chi connectivity index (χ2v) is 15.6. The number of phenols is 2. The van der Waals surface area contributed by atoms with Gasteiger partial charge in [0.25, 0.3) is 0 Å². The zero-order valence-corrected chi connectivity index (χ0v) is 31.2. The van der Waals surface area contributed by atoms with Crippen molar-refractivity contribution < 1.29 is 34.0 Å². The molecule has 3 aromatic rings. The van der Waals surface area contributed by atoms with Crippen molar-refractivity contribution in [3.63, 3.8) is 0 Å². The zero-order chi connectivity index (χ0) is 37.3. The number of carbonyl (C=O) groups is 1. The van der Waals surface area contributed by atoms with Crippen LogP contribution in [0.25, 0.3) is 11.1 Å². The minimum Gasteiger partial charge on any atom is -0.508 e. The lowest BCUT2D eigenvalue weighted by molar-refractivity contribution is -0.141. The highest BCUT2D eigenvalue weighted by atomic mass is 16.5. The number of rotatable bonds is 13. The third-order valence-electron chi connectivity index (χ3n) is 11.3. The number of fused-ring (bicyclic) bond motifs is 6. The second kappa shape index (κ2) is 15.4. The molecule has 0 saturated heterocycles. The fourth-order valence-electron chi connectivity index (χ4n) is 8.89. The van der Waals surface area contributed by atoms with Gasteiger partial charge in [0, 0.05) is 47.8 Å². The Morgan fingerprint density at radius 2 is 1.98 bits per heavy atom. The van der Waals surface area contributed by atoms with Crippen molar-refractivity contribution in [3.05, 3.63) is 88.6 Å². The van der Waals surface area contributed by atoms with Crippen LogP contribution in [-0.2, 0) is 21.4 Å². The number of methoxy groups -OCH3 is 1. The molecule has 10 heteroatoms. The van der Waals surface area contributed by atoms with Crippen LogP contribution in [-0.4, -0.2) is 55.8 Å². The molecule has 2 heterocycles. The number of hydrogen-bond donors (Lipinski definition) is 5. The molecule has 0 aromatic heterocycles. The number of hydrogen-bond acceptors (Lipinski definition) is 10. The van der Waals surface area contributed by atoms with Crippen molar-refractivity contribution in [2.75, 3.05) is 33.4 Å². The van der Waals surface area contributed by atoms with Crippen molar-refractivity contribution in [3.8, 4) is 39.9 Å². The number of phenolic OH excluding ortho intramolecular Hbond substituents is 2. The van der Waals surface area contributed by atoms with E-state index in [9.17, 15) is 15.0 Å². The summed E-state index contributed by atoms with van der Waals surface area (Å²) in [7, 11) is 1.64. The lowest BCUT2D eigenvalue weighted by atomic mass is 9.65. The minimum absolute atomic E-state index is 0.0587. The highest BCUT2D eigenvalue weighted by Crippen LogP contribution is 2.62. The Labute approximate surface area is 312 Å². The second-order valence-electron chi connectivity index (χ2n) is 15.6. The van der Waals surface area contributed by atoms with Gasteiger partial charge in [0.05, 0.1) is 19.2 Å². The normalized spacial score (nSPS) is 23.8. The Hall–Kier alpha value is -4.67. The van der Waals surface area contributed by atoms with Crippen LogP contribution in [0.2, 0.25) is 0 Å². The van der Waals surface area contributed by atoms with E-state index < -0.39 is 6.10 Å². The Bertz CT molecular complexity index is 1900. The first-order valence-electron chi connectivity index (χ1n) is 19.0. The molecule has 0 amide bonds. The number of nitrogens with two attached hydrogens (primary N) is 1. The first-order valence-corrected chi connectivity index (χ1v) is 19.0. The van der Waals surface area contributed by atoms with Gasteiger partial charge in [0.2, 0.25) is 0 Å². The quantitative estimate of drug-likeness (QED) is 0.0935. The van der Waals surface area contributed by atoms with E-state index >= 15 is 0 Å². The summed E-state index contributed by atoms with van der Waals surface area (Å²) in [4.78, 5) is 12.2. The number of dihydropyridines is 1. The molecule has 0 radical (unpaired) electrons. The summed E-state index contributed by atoms with van der Waals surface area (Å²) in [5.41, 5.74) is 13.0. The molecule has 7 rings (SSSR count). The number of allylic oxidation sites excluding steroid dienone is 2. The molecule has 1 fully saturated rings. The summed E-state index contributed by atoms with van der Waals surface area (Å²) >= 11 is 0. The van der Waals surface area contributed by atoms with Gasteiger partial charge in [-0.25, -0.2) is 0 Å². The van der Waals surface area contributed by atoms with Gasteiger partial charge in [0.1, 0.15) is 36.6 Å². The zero-order valence-electron chi connectivity index (χ0n) is 31.2. The summed E-state index contributed by atoms with van der Waals surface area (Å²) in [6, 6.07) is 13.2. The lowest BCUT2D eigenvalue weighted by Crippen LogP contribution is -2.33. The SMILES string of the molecule is COc1cc(O)cc2c1-c1ccc3c(c1C1(CCC(CC4=CNC(N)C=C4)C1)C2)OC(c1ccc(O)c(OCCNCCC(C)C)c1)C3COC(C)=O. The summed E-state index contributed by atoms with van der Waals surface area (Å²) in [6.07, 6.45) is 11.2. The van der Waals surface area contributed by atoms with Gasteiger partial charge in [-0.2, -0.15) is 0 Å². The maximum Gasteiger partial charge on any atom is 0.302 e. The molecule has 53 heavy (non-hydrogen) atoms. The van der Waals surface area contributed by atoms with Crippen LogP contribution in [0.15, 0.2) is 66.4 Å². The highest BCUT2D eigenvalue weighted by Gasteiger charge is 2.50. The number of benzene rings is 3. The Morgan fingerprint density at radius 3 is 2.74 bits per heavy atom. The molecule has 1 spiro atoms. The van der Waals surface area contributed by atoms with E-state index in [0.29, 0.717) is 36.5 Å². The largest absolute Gasteiger partial charge is 0.508 e. The monoisotopic (exact) mass is 723 g/mol. The number of aromatic hydroxyl groups is 2. The van der Waals surface area contributed by atoms with Crippen molar-refractivity contribution >= 4 is 5.97 Å². The van der Waals surface area contributed by atoms with Crippen molar-refractivity contribution in [2.45, 2.75) is 82.9 Å². The van der Waals surface area contributed by atoms with Gasteiger partial charge in [-0.15, -0.1) is 0 Å². The fourth-order valence-corrected chi connectivity index (χ4v) is 8.89. The highest BCUT2D eigenvalue weighted by molar-refractivity contribution is 5.84. The first-order chi connectivity index (χ1) is 25.5. The summed E-state index contributed by atoms with van der Waals surface area (Å²) < 4.78 is 24.8. The molecular formula is C43H53N3O7. The van der Waals surface area contributed by atoms with Crippen molar-refractivity contribution in [1.82, 2.24) is 10.6 Å². The number of carbonyl (C=O) groups excluding carboxylic acids is 1. The summed E-state index contributed by atoms with van der Waals surface area (Å²) in [5.74, 6) is 2.47. The lowest BCUT2D eigenvalue weighted by Gasteiger charge is -2.39.